The Kier molecular flexibility index (Phi) is 3.81. The maximum absolute atomic E-state index is 13.5. The van der Waals surface area contributed by atoms with Gasteiger partial charge in [-0.25, -0.2) is 9.18 Å². The molecule has 6 heteroatoms. The Morgan fingerprint density at radius 2 is 2.12 bits per heavy atom. The molecule has 0 spiro atoms. The number of ether oxygens (including phenoxy) is 1. The fourth-order valence-corrected chi connectivity index (χ4v) is 1.74. The van der Waals surface area contributed by atoms with Crippen LogP contribution in [0.2, 0.25) is 5.02 Å². The largest absolute Gasteiger partial charge is 0.378 e. The van der Waals surface area contributed by atoms with E-state index in [-0.39, 0.29) is 16.7 Å². The van der Waals surface area contributed by atoms with Crippen molar-refractivity contribution in [2.24, 2.45) is 0 Å². The van der Waals surface area contributed by atoms with E-state index in [1.807, 2.05) is 0 Å². The number of morpholine rings is 1. The predicted molar refractivity (Wildman–Crippen MR) is 62.8 cm³/mol. The fourth-order valence-electron chi connectivity index (χ4n) is 1.56. The Hall–Kier alpha value is -1.33. The normalized spacial score (nSPS) is 15.8. The minimum Gasteiger partial charge on any atom is -0.378 e. The number of anilines is 1. The molecule has 1 saturated heterocycles. The summed E-state index contributed by atoms with van der Waals surface area (Å²) in [6, 6.07) is 4.15. The Balaban J connectivity index is 2.04. The zero-order valence-corrected chi connectivity index (χ0v) is 9.84. The van der Waals surface area contributed by atoms with Gasteiger partial charge in [-0.05, 0) is 12.1 Å². The Labute approximate surface area is 103 Å². The molecule has 0 atom stereocenters. The number of benzene rings is 1. The van der Waals surface area contributed by atoms with Crippen molar-refractivity contribution in [2.45, 2.75) is 0 Å². The number of amides is 2. The molecule has 0 aromatic heterocycles. The average Bonchev–Trinajstić information content (AvgIpc) is 2.36. The van der Waals surface area contributed by atoms with Gasteiger partial charge in [-0.1, -0.05) is 17.7 Å². The van der Waals surface area contributed by atoms with E-state index in [0.29, 0.717) is 26.3 Å². The molecule has 92 valence electrons. The topological polar surface area (TPSA) is 41.6 Å². The second-order valence-electron chi connectivity index (χ2n) is 3.63. The molecule has 0 unspecified atom stereocenters. The van der Waals surface area contributed by atoms with Crippen LogP contribution in [0.15, 0.2) is 18.2 Å². The van der Waals surface area contributed by atoms with Gasteiger partial charge in [0.2, 0.25) is 0 Å². The molecule has 1 fully saturated rings. The number of rotatable bonds is 1. The number of hydrogen-bond donors (Lipinski definition) is 1. The van der Waals surface area contributed by atoms with Crippen LogP contribution in [0.4, 0.5) is 14.9 Å². The molecule has 0 aliphatic carbocycles. The monoisotopic (exact) mass is 258 g/mol. The molecular weight excluding hydrogens is 247 g/mol. The van der Waals surface area contributed by atoms with Crippen LogP contribution in [0.25, 0.3) is 0 Å². The summed E-state index contributed by atoms with van der Waals surface area (Å²) in [7, 11) is 0. The Morgan fingerprint density at radius 1 is 1.41 bits per heavy atom. The number of urea groups is 1. The summed E-state index contributed by atoms with van der Waals surface area (Å²) in [5.74, 6) is -0.615. The van der Waals surface area contributed by atoms with Crippen molar-refractivity contribution in [3.63, 3.8) is 0 Å². The van der Waals surface area contributed by atoms with Crippen molar-refractivity contribution in [1.82, 2.24) is 4.90 Å². The summed E-state index contributed by atoms with van der Waals surface area (Å²) in [4.78, 5) is 13.4. The Bertz CT molecular complexity index is 422. The van der Waals surface area contributed by atoms with Crippen molar-refractivity contribution >= 4 is 23.3 Å². The highest BCUT2D eigenvalue weighted by atomic mass is 35.5. The third-order valence-electron chi connectivity index (χ3n) is 2.49. The number of carbonyl (C=O) groups is 1. The van der Waals surface area contributed by atoms with Crippen molar-refractivity contribution in [3.05, 3.63) is 29.0 Å². The minimum absolute atomic E-state index is 0.00947. The molecule has 1 heterocycles. The lowest BCUT2D eigenvalue weighted by Crippen LogP contribution is -2.43. The minimum atomic E-state index is -0.615. The van der Waals surface area contributed by atoms with E-state index in [4.69, 9.17) is 16.3 Å². The van der Waals surface area contributed by atoms with Crippen molar-refractivity contribution in [1.29, 1.82) is 0 Å². The standard InChI is InChI=1S/C11H12ClFN2O2/c12-8-2-1-3-9(10(8)13)14-11(16)15-4-6-17-7-5-15/h1-3H,4-7H2,(H,14,16). The summed E-state index contributed by atoms with van der Waals surface area (Å²) in [5, 5.41) is 2.48. The molecular formula is C11H12ClFN2O2. The second kappa shape index (κ2) is 5.33. The zero-order valence-electron chi connectivity index (χ0n) is 9.08. The summed E-state index contributed by atoms with van der Waals surface area (Å²) >= 11 is 5.62. The molecule has 1 aliphatic rings. The first-order valence-corrected chi connectivity index (χ1v) is 5.64. The van der Waals surface area contributed by atoms with Crippen LogP contribution in [0.3, 0.4) is 0 Å². The van der Waals surface area contributed by atoms with E-state index in [2.05, 4.69) is 5.32 Å². The molecule has 2 rings (SSSR count). The average molecular weight is 259 g/mol. The molecule has 1 aromatic rings. The number of nitrogens with one attached hydrogen (secondary N) is 1. The van der Waals surface area contributed by atoms with Crippen LogP contribution in [-0.2, 0) is 4.74 Å². The van der Waals surface area contributed by atoms with Crippen LogP contribution in [-0.4, -0.2) is 37.2 Å². The molecule has 0 saturated carbocycles. The molecule has 1 aromatic carbocycles. The smallest absolute Gasteiger partial charge is 0.322 e. The van der Waals surface area contributed by atoms with Gasteiger partial charge in [-0.3, -0.25) is 0 Å². The summed E-state index contributed by atoms with van der Waals surface area (Å²) in [6.45, 7) is 2.03. The van der Waals surface area contributed by atoms with Gasteiger partial charge in [0, 0.05) is 13.1 Å². The van der Waals surface area contributed by atoms with Gasteiger partial charge in [-0.2, -0.15) is 0 Å². The molecule has 4 nitrogen and oxygen atoms in total. The molecule has 0 bridgehead atoms. The molecule has 1 N–H and O–H groups in total. The molecule has 2 amide bonds. The van der Waals surface area contributed by atoms with Crippen molar-refractivity contribution < 1.29 is 13.9 Å². The highest BCUT2D eigenvalue weighted by Gasteiger charge is 2.18. The van der Waals surface area contributed by atoms with E-state index in [9.17, 15) is 9.18 Å². The Morgan fingerprint density at radius 3 is 2.82 bits per heavy atom. The highest BCUT2D eigenvalue weighted by molar-refractivity contribution is 6.31. The van der Waals surface area contributed by atoms with Gasteiger partial charge in [0.25, 0.3) is 0 Å². The first-order valence-electron chi connectivity index (χ1n) is 5.26. The summed E-state index contributed by atoms with van der Waals surface area (Å²) in [6.07, 6.45) is 0. The highest BCUT2D eigenvalue weighted by Crippen LogP contribution is 2.22. The van der Waals surface area contributed by atoms with E-state index < -0.39 is 5.82 Å². The lowest BCUT2D eigenvalue weighted by molar-refractivity contribution is 0.0564. The summed E-state index contributed by atoms with van der Waals surface area (Å²) in [5.41, 5.74) is 0.0917. The van der Waals surface area contributed by atoms with E-state index in [1.54, 1.807) is 11.0 Å². The fraction of sp³-hybridized carbons (Fsp3) is 0.364. The third-order valence-corrected chi connectivity index (χ3v) is 2.78. The molecule has 0 radical (unpaired) electrons. The van der Waals surface area contributed by atoms with E-state index >= 15 is 0 Å². The van der Waals surface area contributed by atoms with E-state index in [1.165, 1.54) is 12.1 Å². The number of nitrogens with zero attached hydrogens (tertiary/aromatic N) is 1. The maximum atomic E-state index is 13.5. The van der Waals surface area contributed by atoms with Crippen LogP contribution >= 0.6 is 11.6 Å². The van der Waals surface area contributed by atoms with Gasteiger partial charge in [-0.15, -0.1) is 0 Å². The molecule has 1 aliphatic heterocycles. The number of hydrogen-bond acceptors (Lipinski definition) is 2. The van der Waals surface area contributed by atoms with Gasteiger partial charge in [0.15, 0.2) is 5.82 Å². The van der Waals surface area contributed by atoms with E-state index in [0.717, 1.165) is 0 Å². The summed E-state index contributed by atoms with van der Waals surface area (Å²) < 4.78 is 18.7. The first kappa shape index (κ1) is 12.1. The predicted octanol–water partition coefficient (Wildman–Crippen LogP) is 2.34. The maximum Gasteiger partial charge on any atom is 0.322 e. The zero-order chi connectivity index (χ0) is 12.3. The number of carbonyl (C=O) groups excluding carboxylic acids is 1. The van der Waals surface area contributed by atoms with Crippen LogP contribution < -0.4 is 5.32 Å². The van der Waals surface area contributed by atoms with Crippen LogP contribution in [0.5, 0.6) is 0 Å². The number of halogens is 2. The van der Waals surface area contributed by atoms with Crippen molar-refractivity contribution in [2.75, 3.05) is 31.6 Å². The third kappa shape index (κ3) is 2.87. The SMILES string of the molecule is O=C(Nc1cccc(Cl)c1F)N1CCOCC1. The lowest BCUT2D eigenvalue weighted by Gasteiger charge is -2.27. The van der Waals surface area contributed by atoms with Gasteiger partial charge >= 0.3 is 6.03 Å². The van der Waals surface area contributed by atoms with Crippen LogP contribution in [0, 0.1) is 5.82 Å². The van der Waals surface area contributed by atoms with Gasteiger partial charge < -0.3 is 15.0 Å². The molecule has 17 heavy (non-hydrogen) atoms. The quantitative estimate of drug-likeness (QED) is 0.840. The first-order chi connectivity index (χ1) is 8.18. The lowest BCUT2D eigenvalue weighted by atomic mass is 10.3. The van der Waals surface area contributed by atoms with Crippen LogP contribution in [0.1, 0.15) is 0 Å². The second-order valence-corrected chi connectivity index (χ2v) is 4.04. The van der Waals surface area contributed by atoms with Crippen molar-refractivity contribution in [3.8, 4) is 0 Å². The van der Waals surface area contributed by atoms with Gasteiger partial charge in [0.1, 0.15) is 0 Å². The van der Waals surface area contributed by atoms with Gasteiger partial charge in [0.05, 0.1) is 23.9 Å².